The lowest BCUT2D eigenvalue weighted by Gasteiger charge is -2.38. The van der Waals surface area contributed by atoms with Crippen LogP contribution in [0.5, 0.6) is 11.5 Å². The van der Waals surface area contributed by atoms with Gasteiger partial charge in [-0.2, -0.15) is 12.6 Å². The lowest BCUT2D eigenvalue weighted by Crippen LogP contribution is -2.41. The monoisotopic (exact) mass is 240 g/mol. The summed E-state index contributed by atoms with van der Waals surface area (Å²) in [6.07, 6.45) is 0. The molecule has 1 aromatic rings. The summed E-state index contributed by atoms with van der Waals surface area (Å²) in [6.45, 7) is 3.21. The Balaban J connectivity index is 2.49. The smallest absolute Gasteiger partial charge is 0.124 e. The van der Waals surface area contributed by atoms with E-state index in [0.29, 0.717) is 13.2 Å². The van der Waals surface area contributed by atoms with Gasteiger partial charge in [0.2, 0.25) is 0 Å². The molecular weight excluding hydrogens is 224 g/mol. The van der Waals surface area contributed by atoms with Crippen molar-refractivity contribution in [3.05, 3.63) is 23.3 Å². The van der Waals surface area contributed by atoms with Crippen molar-refractivity contribution in [1.29, 1.82) is 0 Å². The van der Waals surface area contributed by atoms with E-state index in [9.17, 15) is 0 Å². The zero-order valence-electron chi connectivity index (χ0n) is 9.74. The number of ether oxygens (including phenoxy) is 3. The molecule has 0 amide bonds. The summed E-state index contributed by atoms with van der Waals surface area (Å²) >= 11 is 4.65. The molecule has 16 heavy (non-hydrogen) atoms. The Bertz CT molecular complexity index is 399. The van der Waals surface area contributed by atoms with Crippen LogP contribution in [0.25, 0.3) is 0 Å². The molecule has 1 aliphatic rings. The number of thiol groups is 1. The first-order valence-electron chi connectivity index (χ1n) is 5.14. The zero-order valence-corrected chi connectivity index (χ0v) is 10.6. The van der Waals surface area contributed by atoms with Gasteiger partial charge in [0, 0.05) is 5.56 Å². The maximum Gasteiger partial charge on any atom is 0.124 e. The average molecular weight is 240 g/mol. The second-order valence-corrected chi connectivity index (χ2v) is 4.90. The minimum Gasteiger partial charge on any atom is -0.496 e. The van der Waals surface area contributed by atoms with E-state index in [2.05, 4.69) is 12.6 Å². The molecule has 0 spiro atoms. The van der Waals surface area contributed by atoms with Gasteiger partial charge >= 0.3 is 0 Å². The van der Waals surface area contributed by atoms with Crippen molar-refractivity contribution in [3.8, 4) is 11.5 Å². The van der Waals surface area contributed by atoms with Crippen molar-refractivity contribution in [1.82, 2.24) is 0 Å². The molecular formula is C12H16O3S. The molecule has 1 saturated heterocycles. The third kappa shape index (κ3) is 1.76. The van der Waals surface area contributed by atoms with Crippen LogP contribution in [0.1, 0.15) is 11.1 Å². The van der Waals surface area contributed by atoms with Gasteiger partial charge < -0.3 is 14.2 Å². The molecule has 0 saturated carbocycles. The molecule has 1 fully saturated rings. The fraction of sp³-hybridized carbons (Fsp3) is 0.500. The van der Waals surface area contributed by atoms with E-state index in [1.807, 2.05) is 19.1 Å². The molecule has 0 unspecified atom stereocenters. The molecule has 1 heterocycles. The van der Waals surface area contributed by atoms with Crippen LogP contribution in [0.15, 0.2) is 12.1 Å². The SMILES string of the molecule is COc1cc(C2(S)COC2)c(OC)cc1C. The minimum absolute atomic E-state index is 0.244. The summed E-state index contributed by atoms with van der Waals surface area (Å²) in [6, 6.07) is 3.97. The average Bonchev–Trinajstić information content (AvgIpc) is 2.25. The molecule has 0 bridgehead atoms. The van der Waals surface area contributed by atoms with Crippen LogP contribution in [0.4, 0.5) is 0 Å². The van der Waals surface area contributed by atoms with Crippen LogP contribution >= 0.6 is 12.6 Å². The van der Waals surface area contributed by atoms with Crippen LogP contribution in [0, 0.1) is 6.92 Å². The van der Waals surface area contributed by atoms with Crippen molar-refractivity contribution < 1.29 is 14.2 Å². The topological polar surface area (TPSA) is 27.7 Å². The summed E-state index contributed by atoms with van der Waals surface area (Å²) in [5, 5.41) is 0. The number of hydrogen-bond acceptors (Lipinski definition) is 4. The second kappa shape index (κ2) is 4.18. The Morgan fingerprint density at radius 2 is 1.81 bits per heavy atom. The lowest BCUT2D eigenvalue weighted by molar-refractivity contribution is -0.0107. The third-order valence-electron chi connectivity index (χ3n) is 2.90. The first-order valence-corrected chi connectivity index (χ1v) is 5.58. The van der Waals surface area contributed by atoms with E-state index in [1.54, 1.807) is 14.2 Å². The Labute approximate surface area is 101 Å². The highest BCUT2D eigenvalue weighted by molar-refractivity contribution is 7.81. The second-order valence-electron chi connectivity index (χ2n) is 4.05. The van der Waals surface area contributed by atoms with Gasteiger partial charge in [-0.1, -0.05) is 0 Å². The fourth-order valence-corrected chi connectivity index (χ4v) is 2.22. The number of hydrogen-bond donors (Lipinski definition) is 1. The normalized spacial score (nSPS) is 17.8. The molecule has 1 aromatic carbocycles. The van der Waals surface area contributed by atoms with Crippen LogP contribution in [-0.2, 0) is 9.48 Å². The Hall–Kier alpha value is -0.870. The largest absolute Gasteiger partial charge is 0.496 e. The molecule has 0 N–H and O–H groups in total. The molecule has 3 nitrogen and oxygen atoms in total. The van der Waals surface area contributed by atoms with Gasteiger partial charge in [0.25, 0.3) is 0 Å². The van der Waals surface area contributed by atoms with Crippen molar-refractivity contribution >= 4 is 12.6 Å². The van der Waals surface area contributed by atoms with Crippen molar-refractivity contribution in [2.75, 3.05) is 27.4 Å². The summed E-state index contributed by atoms with van der Waals surface area (Å²) in [4.78, 5) is 0. The van der Waals surface area contributed by atoms with Gasteiger partial charge in [-0.3, -0.25) is 0 Å². The molecule has 4 heteroatoms. The summed E-state index contributed by atoms with van der Waals surface area (Å²) in [5.74, 6) is 1.70. The maximum absolute atomic E-state index is 5.39. The van der Waals surface area contributed by atoms with Crippen LogP contribution in [0.2, 0.25) is 0 Å². The van der Waals surface area contributed by atoms with E-state index < -0.39 is 0 Å². The summed E-state index contributed by atoms with van der Waals surface area (Å²) < 4.78 is 15.7. The summed E-state index contributed by atoms with van der Waals surface area (Å²) in [5.41, 5.74) is 2.09. The van der Waals surface area contributed by atoms with E-state index in [1.165, 1.54) is 0 Å². The Kier molecular flexibility index (Phi) is 3.04. The molecule has 0 atom stereocenters. The highest BCUT2D eigenvalue weighted by Crippen LogP contribution is 2.43. The van der Waals surface area contributed by atoms with Crippen molar-refractivity contribution in [2.45, 2.75) is 11.7 Å². The van der Waals surface area contributed by atoms with Gasteiger partial charge in [0.05, 0.1) is 32.2 Å². The van der Waals surface area contributed by atoms with Gasteiger partial charge in [0.1, 0.15) is 11.5 Å². The Morgan fingerprint density at radius 3 is 2.25 bits per heavy atom. The van der Waals surface area contributed by atoms with Gasteiger partial charge in [0.15, 0.2) is 0 Å². The van der Waals surface area contributed by atoms with Gasteiger partial charge in [-0.25, -0.2) is 0 Å². The van der Waals surface area contributed by atoms with E-state index in [4.69, 9.17) is 14.2 Å². The Morgan fingerprint density at radius 1 is 1.19 bits per heavy atom. The van der Waals surface area contributed by atoms with Crippen LogP contribution < -0.4 is 9.47 Å². The first kappa shape index (κ1) is 11.6. The van der Waals surface area contributed by atoms with E-state index in [-0.39, 0.29) is 4.75 Å². The van der Waals surface area contributed by atoms with Crippen molar-refractivity contribution in [3.63, 3.8) is 0 Å². The molecule has 0 radical (unpaired) electrons. The van der Waals surface area contributed by atoms with Crippen molar-refractivity contribution in [2.24, 2.45) is 0 Å². The van der Waals surface area contributed by atoms with Crippen LogP contribution in [0.3, 0.4) is 0 Å². The molecule has 2 rings (SSSR count). The fourth-order valence-electron chi connectivity index (χ4n) is 1.86. The first-order chi connectivity index (χ1) is 7.60. The number of rotatable bonds is 3. The standard InChI is InChI=1S/C12H16O3S/c1-8-4-11(14-3)9(5-10(8)13-2)12(16)6-15-7-12/h4-5,16H,6-7H2,1-3H3. The predicted octanol–water partition coefficient (Wildman–Crippen LogP) is 2.17. The highest BCUT2D eigenvalue weighted by Gasteiger charge is 2.39. The molecule has 88 valence electrons. The molecule has 0 aromatic heterocycles. The molecule has 0 aliphatic carbocycles. The minimum atomic E-state index is -0.244. The van der Waals surface area contributed by atoms with Crippen LogP contribution in [-0.4, -0.2) is 27.4 Å². The molecule has 1 aliphatic heterocycles. The quantitative estimate of drug-likeness (QED) is 0.821. The predicted molar refractivity (Wildman–Crippen MR) is 65.8 cm³/mol. The maximum atomic E-state index is 5.39. The third-order valence-corrected chi connectivity index (χ3v) is 3.40. The number of methoxy groups -OCH3 is 2. The summed E-state index contributed by atoms with van der Waals surface area (Å²) in [7, 11) is 3.34. The highest BCUT2D eigenvalue weighted by atomic mass is 32.1. The van der Waals surface area contributed by atoms with E-state index in [0.717, 1.165) is 22.6 Å². The van der Waals surface area contributed by atoms with E-state index >= 15 is 0 Å². The zero-order chi connectivity index (χ0) is 11.8. The number of aryl methyl sites for hydroxylation is 1. The van der Waals surface area contributed by atoms with Gasteiger partial charge in [-0.05, 0) is 24.6 Å². The number of benzene rings is 1. The van der Waals surface area contributed by atoms with Gasteiger partial charge in [-0.15, -0.1) is 0 Å². The lowest BCUT2D eigenvalue weighted by atomic mass is 9.94.